The Morgan fingerprint density at radius 1 is 1.07 bits per heavy atom. The van der Waals surface area contributed by atoms with E-state index in [0.29, 0.717) is 31.9 Å². The summed E-state index contributed by atoms with van der Waals surface area (Å²) < 4.78 is 5.33. The molecule has 3 amide bonds. The summed E-state index contributed by atoms with van der Waals surface area (Å²) in [5.74, 6) is 0.207. The van der Waals surface area contributed by atoms with Crippen molar-refractivity contribution in [3.63, 3.8) is 0 Å². The fourth-order valence-electron chi connectivity index (χ4n) is 2.80. The largest absolute Gasteiger partial charge is 1.00 e. The number of halogens is 1. The van der Waals surface area contributed by atoms with Gasteiger partial charge in [-0.05, 0) is 23.4 Å². The maximum absolute atomic E-state index is 12.5. The number of rotatable bonds is 6. The van der Waals surface area contributed by atoms with E-state index >= 15 is 0 Å². The van der Waals surface area contributed by atoms with E-state index in [1.807, 2.05) is 42.8 Å². The standard InChI is InChI=1S/C19H27N3O4S.BrH/c1-15(20-17(23)14-27(2)3)18(24)21-9-11-22(12-10-21)19(25)26-13-16-7-5-4-6-8-16;/h4-8,15H,9-14H2,1-3H3;1H/t15-;/m0./s1. The smallest absolute Gasteiger partial charge is 0.410 e. The molecule has 0 saturated carbocycles. The van der Waals surface area contributed by atoms with Gasteiger partial charge in [0.05, 0.1) is 12.5 Å². The Balaban J connectivity index is 0.00000392. The molecule has 1 saturated heterocycles. The molecular weight excluding hydrogens is 446 g/mol. The van der Waals surface area contributed by atoms with Crippen LogP contribution in [0.3, 0.4) is 0 Å². The SMILES string of the molecule is C[C@H](NC(=O)C[S+](C)C)C(=O)N1CCN(C(=O)OCc2ccccc2)CC1.[Br-]. The molecule has 0 radical (unpaired) electrons. The Kier molecular flexibility index (Phi) is 10.4. The molecule has 1 aromatic carbocycles. The third-order valence-corrected chi connectivity index (χ3v) is 5.06. The van der Waals surface area contributed by atoms with Gasteiger partial charge in [-0.3, -0.25) is 9.59 Å². The molecule has 9 heteroatoms. The van der Waals surface area contributed by atoms with Crippen molar-refractivity contribution in [2.45, 2.75) is 19.6 Å². The van der Waals surface area contributed by atoms with Gasteiger partial charge in [0.25, 0.3) is 5.91 Å². The van der Waals surface area contributed by atoms with E-state index < -0.39 is 6.04 Å². The summed E-state index contributed by atoms with van der Waals surface area (Å²) >= 11 is 0. The van der Waals surface area contributed by atoms with Crippen molar-refractivity contribution in [2.75, 3.05) is 44.4 Å². The van der Waals surface area contributed by atoms with Crippen molar-refractivity contribution >= 4 is 28.8 Å². The van der Waals surface area contributed by atoms with Gasteiger partial charge < -0.3 is 36.8 Å². The van der Waals surface area contributed by atoms with E-state index in [0.717, 1.165) is 5.56 Å². The van der Waals surface area contributed by atoms with Crippen LogP contribution in [0.4, 0.5) is 4.79 Å². The minimum atomic E-state index is -0.558. The monoisotopic (exact) mass is 473 g/mol. The summed E-state index contributed by atoms with van der Waals surface area (Å²) in [6.45, 7) is 3.65. The van der Waals surface area contributed by atoms with Gasteiger partial charge in [-0.1, -0.05) is 30.3 Å². The number of hydrogen-bond donors (Lipinski definition) is 1. The number of nitrogens with one attached hydrogen (secondary N) is 1. The van der Waals surface area contributed by atoms with Crippen molar-refractivity contribution in [3.8, 4) is 0 Å². The van der Waals surface area contributed by atoms with Gasteiger partial charge in [0.2, 0.25) is 5.91 Å². The fourth-order valence-corrected chi connectivity index (χ4v) is 3.41. The van der Waals surface area contributed by atoms with E-state index in [-0.39, 0.29) is 52.4 Å². The van der Waals surface area contributed by atoms with Crippen LogP contribution in [0.1, 0.15) is 12.5 Å². The quantitative estimate of drug-likeness (QED) is 0.478. The highest BCUT2D eigenvalue weighted by Crippen LogP contribution is 2.08. The minimum Gasteiger partial charge on any atom is -1.00 e. The van der Waals surface area contributed by atoms with Crippen LogP contribution in [0, 0.1) is 0 Å². The average Bonchev–Trinajstić information content (AvgIpc) is 2.65. The molecule has 0 bridgehead atoms. The van der Waals surface area contributed by atoms with Gasteiger partial charge >= 0.3 is 6.09 Å². The van der Waals surface area contributed by atoms with Crippen molar-refractivity contribution in [1.29, 1.82) is 0 Å². The average molecular weight is 474 g/mol. The number of amides is 3. The van der Waals surface area contributed by atoms with E-state index in [4.69, 9.17) is 4.74 Å². The van der Waals surface area contributed by atoms with Gasteiger partial charge in [0, 0.05) is 26.2 Å². The zero-order chi connectivity index (χ0) is 19.8. The van der Waals surface area contributed by atoms with Crippen LogP contribution >= 0.6 is 0 Å². The Morgan fingerprint density at radius 3 is 2.21 bits per heavy atom. The molecule has 0 aliphatic carbocycles. The van der Waals surface area contributed by atoms with E-state index in [9.17, 15) is 14.4 Å². The molecule has 2 rings (SSSR count). The first-order valence-corrected chi connectivity index (χ1v) is 11.2. The van der Waals surface area contributed by atoms with Crippen LogP contribution in [-0.4, -0.2) is 78.2 Å². The number of ether oxygens (including phenoxy) is 1. The molecule has 0 spiro atoms. The molecular formula is C19H28BrN3O4S. The van der Waals surface area contributed by atoms with Crippen LogP contribution in [0.5, 0.6) is 0 Å². The highest BCUT2D eigenvalue weighted by molar-refractivity contribution is 7.96. The van der Waals surface area contributed by atoms with Crippen molar-refractivity contribution < 1.29 is 36.1 Å². The molecule has 1 aliphatic rings. The van der Waals surface area contributed by atoms with E-state index in [2.05, 4.69) is 5.32 Å². The third kappa shape index (κ3) is 7.71. The summed E-state index contributed by atoms with van der Waals surface area (Å²) in [5, 5.41) is 2.75. The second-order valence-corrected chi connectivity index (χ2v) is 9.03. The number of benzene rings is 1. The summed E-state index contributed by atoms with van der Waals surface area (Å²) in [4.78, 5) is 39.8. The molecule has 1 heterocycles. The molecule has 156 valence electrons. The molecule has 1 fully saturated rings. The number of carbonyl (C=O) groups excluding carboxylic acids is 3. The van der Waals surface area contributed by atoms with Crippen molar-refractivity contribution in [1.82, 2.24) is 15.1 Å². The van der Waals surface area contributed by atoms with Crippen LogP contribution < -0.4 is 22.3 Å². The topological polar surface area (TPSA) is 79.0 Å². The maximum Gasteiger partial charge on any atom is 0.410 e. The zero-order valence-corrected chi connectivity index (χ0v) is 18.9. The van der Waals surface area contributed by atoms with Crippen LogP contribution in [-0.2, 0) is 31.8 Å². The second-order valence-electron chi connectivity index (χ2n) is 6.77. The van der Waals surface area contributed by atoms with Gasteiger partial charge in [-0.2, -0.15) is 0 Å². The first-order chi connectivity index (χ1) is 12.9. The lowest BCUT2D eigenvalue weighted by molar-refractivity contribution is -0.136. The summed E-state index contributed by atoms with van der Waals surface area (Å²) in [6.07, 6.45) is 3.61. The van der Waals surface area contributed by atoms with Crippen molar-refractivity contribution in [2.24, 2.45) is 0 Å². The van der Waals surface area contributed by atoms with E-state index in [1.165, 1.54) is 0 Å². The predicted octanol–water partition coefficient (Wildman–Crippen LogP) is -2.15. The Labute approximate surface area is 179 Å². The van der Waals surface area contributed by atoms with Gasteiger partial charge in [0.1, 0.15) is 12.6 Å². The summed E-state index contributed by atoms with van der Waals surface area (Å²) in [7, 11) is -0.00117. The van der Waals surface area contributed by atoms with Gasteiger partial charge in [-0.15, -0.1) is 0 Å². The molecule has 1 aliphatic heterocycles. The first kappa shape index (κ1) is 24.3. The first-order valence-electron chi connectivity index (χ1n) is 8.94. The van der Waals surface area contributed by atoms with Crippen LogP contribution in [0.2, 0.25) is 0 Å². The Hall–Kier alpha value is -1.74. The molecule has 1 N–H and O–H groups in total. The number of carbonyl (C=O) groups is 3. The predicted molar refractivity (Wildman–Crippen MR) is 106 cm³/mol. The molecule has 7 nitrogen and oxygen atoms in total. The molecule has 0 unspecified atom stereocenters. The van der Waals surface area contributed by atoms with Crippen LogP contribution in [0.25, 0.3) is 0 Å². The van der Waals surface area contributed by atoms with Crippen LogP contribution in [0.15, 0.2) is 30.3 Å². The molecule has 1 atom stereocenters. The Morgan fingerprint density at radius 2 is 1.64 bits per heavy atom. The zero-order valence-electron chi connectivity index (χ0n) is 16.5. The molecule has 1 aromatic rings. The number of nitrogens with zero attached hydrogens (tertiary/aromatic N) is 2. The lowest BCUT2D eigenvalue weighted by atomic mass is 10.2. The van der Waals surface area contributed by atoms with E-state index in [1.54, 1.807) is 16.7 Å². The highest BCUT2D eigenvalue weighted by atomic mass is 79.9. The molecule has 28 heavy (non-hydrogen) atoms. The Bertz CT molecular complexity index is 652. The highest BCUT2D eigenvalue weighted by Gasteiger charge is 2.28. The lowest BCUT2D eigenvalue weighted by Gasteiger charge is -2.35. The summed E-state index contributed by atoms with van der Waals surface area (Å²) in [5.41, 5.74) is 0.936. The van der Waals surface area contributed by atoms with Gasteiger partial charge in [-0.25, -0.2) is 4.79 Å². The number of hydrogen-bond acceptors (Lipinski definition) is 4. The van der Waals surface area contributed by atoms with Crippen molar-refractivity contribution in [3.05, 3.63) is 35.9 Å². The maximum atomic E-state index is 12.5. The summed E-state index contributed by atoms with van der Waals surface area (Å²) in [6, 6.07) is 8.95. The van der Waals surface area contributed by atoms with Gasteiger partial charge in [0.15, 0.2) is 5.75 Å². The molecule has 0 aromatic heterocycles. The minimum absolute atomic E-state index is 0. The second kappa shape index (κ2) is 12.0. The third-order valence-electron chi connectivity index (χ3n) is 4.22. The lowest BCUT2D eigenvalue weighted by Crippen LogP contribution is -3.00. The number of piperazine rings is 1. The normalized spacial score (nSPS) is 14.9. The fraction of sp³-hybridized carbons (Fsp3) is 0.526.